The lowest BCUT2D eigenvalue weighted by Crippen LogP contribution is -2.11. The van der Waals surface area contributed by atoms with Gasteiger partial charge in [-0.3, -0.25) is 0 Å². The lowest BCUT2D eigenvalue weighted by Gasteiger charge is -2.29. The third-order valence-electron chi connectivity index (χ3n) is 12.8. The van der Waals surface area contributed by atoms with Crippen LogP contribution in [-0.2, 0) is 0 Å². The molecule has 1 nitrogen and oxygen atoms in total. The maximum Gasteiger partial charge on any atom is 0.0540 e. The first-order valence-corrected chi connectivity index (χ1v) is 23.0. The van der Waals surface area contributed by atoms with Gasteiger partial charge in [-0.2, -0.15) is 0 Å². The van der Waals surface area contributed by atoms with Crippen LogP contribution < -0.4 is 4.90 Å². The van der Waals surface area contributed by atoms with Crippen LogP contribution in [0.2, 0.25) is 0 Å². The molecule has 0 atom stereocenters. The van der Waals surface area contributed by atoms with Gasteiger partial charge in [0.05, 0.1) is 5.69 Å². The van der Waals surface area contributed by atoms with Crippen LogP contribution in [0.5, 0.6) is 0 Å². The van der Waals surface area contributed by atoms with Gasteiger partial charge in [0, 0.05) is 16.9 Å². The largest absolute Gasteiger partial charge is 0.310 e. The lowest BCUT2D eigenvalue weighted by molar-refractivity contribution is 1.28. The van der Waals surface area contributed by atoms with Crippen molar-refractivity contribution in [1.82, 2.24) is 0 Å². The van der Waals surface area contributed by atoms with E-state index in [1.54, 1.807) is 0 Å². The molecule has 0 radical (unpaired) electrons. The third-order valence-corrected chi connectivity index (χ3v) is 12.8. The first-order valence-electron chi connectivity index (χ1n) is 23.0. The molecule has 0 aliphatic rings. The molecule has 0 amide bonds. The van der Waals surface area contributed by atoms with Gasteiger partial charge in [0.2, 0.25) is 0 Å². The first-order chi connectivity index (χ1) is 33.2. The fraction of sp³-hybridized carbons (Fsp3) is 0. The van der Waals surface area contributed by atoms with Gasteiger partial charge in [-0.05, 0) is 120 Å². The maximum atomic E-state index is 2.42. The van der Waals surface area contributed by atoms with Crippen molar-refractivity contribution in [3.8, 4) is 89.0 Å². The van der Waals surface area contributed by atoms with Crippen molar-refractivity contribution in [3.63, 3.8) is 0 Å². The summed E-state index contributed by atoms with van der Waals surface area (Å²) in [5.41, 5.74) is 22.2. The van der Waals surface area contributed by atoms with E-state index >= 15 is 0 Å². The Bertz CT molecular complexity index is 3250. The Morgan fingerprint density at radius 2 is 0.448 bits per heavy atom. The van der Waals surface area contributed by atoms with Crippen molar-refractivity contribution in [2.75, 3.05) is 4.90 Å². The first kappa shape index (κ1) is 41.0. The number of hydrogen-bond donors (Lipinski definition) is 0. The monoisotopic (exact) mass is 853 g/mol. The molecule has 0 heterocycles. The van der Waals surface area contributed by atoms with Crippen molar-refractivity contribution >= 4 is 17.1 Å². The zero-order chi connectivity index (χ0) is 44.8. The Balaban J connectivity index is 1.04. The number of anilines is 3. The van der Waals surface area contributed by atoms with Crippen LogP contribution in [0.25, 0.3) is 89.0 Å². The van der Waals surface area contributed by atoms with E-state index in [9.17, 15) is 0 Å². The second kappa shape index (κ2) is 18.7. The number of benzene rings is 11. The lowest BCUT2D eigenvalue weighted by atomic mass is 9.86. The van der Waals surface area contributed by atoms with E-state index in [1.807, 2.05) is 0 Å². The summed E-state index contributed by atoms with van der Waals surface area (Å²) in [4.78, 5) is 2.42. The predicted molar refractivity (Wildman–Crippen MR) is 285 cm³/mol. The zero-order valence-electron chi connectivity index (χ0n) is 37.1. The highest BCUT2D eigenvalue weighted by atomic mass is 15.1. The number of rotatable bonds is 11. The third kappa shape index (κ3) is 8.63. The van der Waals surface area contributed by atoms with Gasteiger partial charge in [-0.1, -0.05) is 249 Å². The van der Waals surface area contributed by atoms with Crippen molar-refractivity contribution in [2.24, 2.45) is 0 Å². The van der Waals surface area contributed by atoms with Gasteiger partial charge in [0.25, 0.3) is 0 Å². The minimum atomic E-state index is 1.07. The molecule has 11 rings (SSSR count). The summed E-state index contributed by atoms with van der Waals surface area (Å²) < 4.78 is 0. The molecule has 0 bridgehead atoms. The van der Waals surface area contributed by atoms with E-state index in [-0.39, 0.29) is 0 Å². The standard InChI is InChI=1S/C66H47N/c1-5-17-48(18-6-1)51-29-33-53(34-30-51)55-37-42-59(43-38-55)67(60-44-39-56(40-45-60)54-35-31-52(32-36-54)49-19-7-2-8-20-49)66-28-16-15-27-64(66)65-47-58(50-21-9-3-10-22-50)41-46-63(65)62-26-14-13-25-61(62)57-23-11-4-12-24-57/h1-47H. The highest BCUT2D eigenvalue weighted by Crippen LogP contribution is 2.47. The molecule has 11 aromatic rings. The van der Waals surface area contributed by atoms with Gasteiger partial charge < -0.3 is 4.90 Å². The Kier molecular flexibility index (Phi) is 11.5. The smallest absolute Gasteiger partial charge is 0.0540 e. The van der Waals surface area contributed by atoms with E-state index in [1.165, 1.54) is 77.9 Å². The molecule has 0 unspecified atom stereocenters. The number of hydrogen-bond acceptors (Lipinski definition) is 1. The summed E-state index contributed by atoms with van der Waals surface area (Å²) in [6, 6.07) is 103. The number of nitrogens with zero attached hydrogens (tertiary/aromatic N) is 1. The van der Waals surface area contributed by atoms with Crippen molar-refractivity contribution < 1.29 is 0 Å². The Labute approximate surface area is 394 Å². The highest BCUT2D eigenvalue weighted by Gasteiger charge is 2.21. The molecule has 0 fully saturated rings. The van der Waals surface area contributed by atoms with Crippen LogP contribution in [0.1, 0.15) is 0 Å². The summed E-state index contributed by atoms with van der Waals surface area (Å²) in [6.07, 6.45) is 0. The molecule has 0 aliphatic heterocycles. The topological polar surface area (TPSA) is 3.24 Å². The zero-order valence-corrected chi connectivity index (χ0v) is 37.1. The van der Waals surface area contributed by atoms with E-state index in [0.717, 1.165) is 28.2 Å². The van der Waals surface area contributed by atoms with Gasteiger partial charge in [-0.25, -0.2) is 0 Å². The Hall–Kier alpha value is -8.78. The fourth-order valence-electron chi connectivity index (χ4n) is 9.30. The summed E-state index contributed by atoms with van der Waals surface area (Å²) in [7, 11) is 0. The SMILES string of the molecule is c1ccc(-c2ccc(-c3ccc(N(c4ccc(-c5ccc(-c6ccccc6)cc5)cc4)c4ccccc4-c4cc(-c5ccccc5)ccc4-c4ccccc4-c4ccccc4)cc3)cc2)cc1. The molecule has 316 valence electrons. The maximum absolute atomic E-state index is 2.42. The van der Waals surface area contributed by atoms with Gasteiger partial charge >= 0.3 is 0 Å². The summed E-state index contributed by atoms with van der Waals surface area (Å²) in [6.45, 7) is 0. The van der Waals surface area contributed by atoms with Crippen molar-refractivity contribution in [1.29, 1.82) is 0 Å². The van der Waals surface area contributed by atoms with Crippen LogP contribution >= 0.6 is 0 Å². The van der Waals surface area contributed by atoms with Crippen LogP contribution in [0.15, 0.2) is 285 Å². The summed E-state index contributed by atoms with van der Waals surface area (Å²) in [5, 5.41) is 0. The molecule has 11 aromatic carbocycles. The molecule has 1 heteroatoms. The predicted octanol–water partition coefficient (Wildman–Crippen LogP) is 18.5. The molecule has 0 N–H and O–H groups in total. The van der Waals surface area contributed by atoms with Gasteiger partial charge in [-0.15, -0.1) is 0 Å². The molecule has 0 saturated carbocycles. The Morgan fingerprint density at radius 1 is 0.164 bits per heavy atom. The normalized spacial score (nSPS) is 11.0. The van der Waals surface area contributed by atoms with Crippen molar-refractivity contribution in [3.05, 3.63) is 285 Å². The minimum absolute atomic E-state index is 1.07. The molecule has 0 aromatic heterocycles. The van der Waals surface area contributed by atoms with E-state index in [2.05, 4.69) is 290 Å². The molecule has 0 saturated heterocycles. The second-order valence-corrected chi connectivity index (χ2v) is 16.9. The highest BCUT2D eigenvalue weighted by molar-refractivity contribution is 5.98. The van der Waals surface area contributed by atoms with Crippen LogP contribution in [-0.4, -0.2) is 0 Å². The second-order valence-electron chi connectivity index (χ2n) is 16.9. The summed E-state index contributed by atoms with van der Waals surface area (Å²) in [5.74, 6) is 0. The van der Waals surface area contributed by atoms with E-state index < -0.39 is 0 Å². The van der Waals surface area contributed by atoms with Crippen LogP contribution in [0.3, 0.4) is 0 Å². The van der Waals surface area contributed by atoms with E-state index in [4.69, 9.17) is 0 Å². The van der Waals surface area contributed by atoms with Crippen LogP contribution in [0.4, 0.5) is 17.1 Å². The minimum Gasteiger partial charge on any atom is -0.310 e. The molecular formula is C66H47N. The molecule has 0 aliphatic carbocycles. The van der Waals surface area contributed by atoms with Gasteiger partial charge in [0.15, 0.2) is 0 Å². The van der Waals surface area contributed by atoms with E-state index in [0.29, 0.717) is 0 Å². The fourth-order valence-corrected chi connectivity index (χ4v) is 9.30. The average Bonchev–Trinajstić information content (AvgIpc) is 3.42. The van der Waals surface area contributed by atoms with Gasteiger partial charge in [0.1, 0.15) is 0 Å². The average molecular weight is 854 g/mol. The van der Waals surface area contributed by atoms with Crippen LogP contribution in [0, 0.1) is 0 Å². The number of para-hydroxylation sites is 1. The molecular weight excluding hydrogens is 807 g/mol. The molecule has 0 spiro atoms. The summed E-state index contributed by atoms with van der Waals surface area (Å²) >= 11 is 0. The van der Waals surface area contributed by atoms with Crippen molar-refractivity contribution in [2.45, 2.75) is 0 Å². The quantitative estimate of drug-likeness (QED) is 0.125. The molecule has 67 heavy (non-hydrogen) atoms. The Morgan fingerprint density at radius 3 is 0.881 bits per heavy atom.